The molecular weight excluding hydrogens is 418 g/mol. The van der Waals surface area contributed by atoms with E-state index in [9.17, 15) is 14.4 Å². The number of hydrogen-bond donors (Lipinski definition) is 1. The molecule has 6 nitrogen and oxygen atoms in total. The van der Waals surface area contributed by atoms with Crippen molar-refractivity contribution >= 4 is 63.2 Å². The first-order chi connectivity index (χ1) is 14.5. The predicted octanol–water partition coefficient (Wildman–Crippen LogP) is 4.58. The second-order valence-electron chi connectivity index (χ2n) is 6.76. The van der Waals surface area contributed by atoms with Crippen molar-refractivity contribution in [1.29, 1.82) is 0 Å². The maximum atomic E-state index is 12.8. The van der Waals surface area contributed by atoms with Crippen LogP contribution in [0, 0.1) is 0 Å². The first-order valence-corrected chi connectivity index (χ1v) is 11.2. The predicted molar refractivity (Wildman–Crippen MR) is 122 cm³/mol. The summed E-state index contributed by atoms with van der Waals surface area (Å²) >= 11 is 2.42. The van der Waals surface area contributed by atoms with E-state index < -0.39 is 17.1 Å². The molecule has 0 unspecified atom stereocenters. The van der Waals surface area contributed by atoms with Crippen LogP contribution in [0.2, 0.25) is 0 Å². The van der Waals surface area contributed by atoms with Gasteiger partial charge in [-0.15, -0.1) is 11.8 Å². The fourth-order valence-corrected chi connectivity index (χ4v) is 4.60. The minimum absolute atomic E-state index is 0.313. The molecule has 3 aromatic rings. The zero-order chi connectivity index (χ0) is 21.3. The molecule has 1 aromatic heterocycles. The van der Waals surface area contributed by atoms with E-state index in [1.165, 1.54) is 0 Å². The maximum absolute atomic E-state index is 12.8. The summed E-state index contributed by atoms with van der Waals surface area (Å²) in [6, 6.07) is 15.2. The Bertz CT molecular complexity index is 1200. The molecule has 30 heavy (non-hydrogen) atoms. The lowest BCUT2D eigenvalue weighted by atomic mass is 10.1. The lowest BCUT2D eigenvalue weighted by molar-refractivity contribution is -0.127. The standard InChI is InChI=1S/C22H19N3O3S2/c1-24-12-14(17-8-3-4-9-18(17)24)10-19-21(27)25(22(28)30-19)13-20(26)23-15-6-5-7-16(11-15)29-2/h3-12H,13H2,1-2H3,(H,23,26)/b19-10+. The lowest BCUT2D eigenvalue weighted by Crippen LogP contribution is -2.36. The first kappa shape index (κ1) is 20.3. The molecule has 152 valence electrons. The number of anilines is 1. The maximum Gasteiger partial charge on any atom is 0.294 e. The Morgan fingerprint density at radius 2 is 1.97 bits per heavy atom. The summed E-state index contributed by atoms with van der Waals surface area (Å²) in [7, 11) is 1.93. The number of benzene rings is 2. The van der Waals surface area contributed by atoms with Crippen LogP contribution in [0.4, 0.5) is 10.5 Å². The minimum atomic E-state index is -0.453. The Kier molecular flexibility index (Phi) is 5.69. The summed E-state index contributed by atoms with van der Waals surface area (Å²) in [5.41, 5.74) is 2.52. The number of carbonyl (C=O) groups is 3. The Hall–Kier alpha value is -2.97. The fourth-order valence-electron chi connectivity index (χ4n) is 3.31. The molecule has 4 rings (SSSR count). The van der Waals surface area contributed by atoms with Gasteiger partial charge in [0.15, 0.2) is 0 Å². The molecular formula is C22H19N3O3S2. The van der Waals surface area contributed by atoms with Crippen LogP contribution in [0.3, 0.4) is 0 Å². The van der Waals surface area contributed by atoms with Gasteiger partial charge in [0.05, 0.1) is 4.91 Å². The highest BCUT2D eigenvalue weighted by atomic mass is 32.2. The zero-order valence-electron chi connectivity index (χ0n) is 16.4. The van der Waals surface area contributed by atoms with Crippen molar-refractivity contribution in [3.05, 3.63) is 65.2 Å². The van der Waals surface area contributed by atoms with E-state index in [1.54, 1.807) is 23.9 Å². The number of fused-ring (bicyclic) bond motifs is 1. The van der Waals surface area contributed by atoms with E-state index >= 15 is 0 Å². The number of thioether (sulfide) groups is 2. The van der Waals surface area contributed by atoms with Gasteiger partial charge in [0.1, 0.15) is 6.54 Å². The molecule has 8 heteroatoms. The number of para-hydroxylation sites is 1. The van der Waals surface area contributed by atoms with Crippen LogP contribution in [0.5, 0.6) is 0 Å². The van der Waals surface area contributed by atoms with Crippen molar-refractivity contribution in [2.75, 3.05) is 18.1 Å². The number of aromatic nitrogens is 1. The van der Waals surface area contributed by atoms with Crippen molar-refractivity contribution < 1.29 is 14.4 Å². The van der Waals surface area contributed by atoms with Gasteiger partial charge in [-0.3, -0.25) is 19.3 Å². The molecule has 1 saturated heterocycles. The number of nitrogens with zero attached hydrogens (tertiary/aromatic N) is 2. The van der Waals surface area contributed by atoms with Crippen LogP contribution in [0.15, 0.2) is 64.5 Å². The van der Waals surface area contributed by atoms with Crippen LogP contribution < -0.4 is 5.32 Å². The van der Waals surface area contributed by atoms with E-state index in [0.29, 0.717) is 10.6 Å². The van der Waals surface area contributed by atoms with Crippen LogP contribution in [0.25, 0.3) is 17.0 Å². The number of aryl methyl sites for hydroxylation is 1. The molecule has 0 saturated carbocycles. The van der Waals surface area contributed by atoms with Gasteiger partial charge < -0.3 is 9.88 Å². The highest BCUT2D eigenvalue weighted by Crippen LogP contribution is 2.34. The van der Waals surface area contributed by atoms with Gasteiger partial charge >= 0.3 is 0 Å². The number of rotatable bonds is 5. The van der Waals surface area contributed by atoms with Crippen molar-refractivity contribution in [2.24, 2.45) is 7.05 Å². The molecule has 0 radical (unpaired) electrons. The summed E-state index contributed by atoms with van der Waals surface area (Å²) in [5, 5.41) is 3.30. The summed E-state index contributed by atoms with van der Waals surface area (Å²) in [4.78, 5) is 39.9. The number of nitrogens with one attached hydrogen (secondary N) is 1. The number of imide groups is 1. The molecule has 0 spiro atoms. The van der Waals surface area contributed by atoms with Crippen molar-refractivity contribution in [1.82, 2.24) is 9.47 Å². The number of amides is 3. The average Bonchev–Trinajstić information content (AvgIpc) is 3.19. The largest absolute Gasteiger partial charge is 0.350 e. The quantitative estimate of drug-likeness (QED) is 0.467. The van der Waals surface area contributed by atoms with E-state index in [1.807, 2.05) is 66.5 Å². The zero-order valence-corrected chi connectivity index (χ0v) is 18.0. The average molecular weight is 438 g/mol. The molecule has 1 aliphatic heterocycles. The van der Waals surface area contributed by atoms with E-state index in [0.717, 1.165) is 38.0 Å². The molecule has 0 atom stereocenters. The molecule has 1 N–H and O–H groups in total. The highest BCUT2D eigenvalue weighted by Gasteiger charge is 2.36. The third-order valence-corrected chi connectivity index (χ3v) is 6.38. The third-order valence-electron chi connectivity index (χ3n) is 4.74. The second-order valence-corrected chi connectivity index (χ2v) is 8.63. The van der Waals surface area contributed by atoms with Crippen LogP contribution in [-0.4, -0.2) is 39.3 Å². The first-order valence-electron chi connectivity index (χ1n) is 9.19. The van der Waals surface area contributed by atoms with E-state index in [4.69, 9.17) is 0 Å². The van der Waals surface area contributed by atoms with Crippen molar-refractivity contribution in [2.45, 2.75) is 4.90 Å². The van der Waals surface area contributed by atoms with E-state index in [2.05, 4.69) is 5.32 Å². The highest BCUT2D eigenvalue weighted by molar-refractivity contribution is 8.18. The van der Waals surface area contributed by atoms with Gasteiger partial charge in [0.2, 0.25) is 5.91 Å². The Labute approximate surface area is 182 Å². The minimum Gasteiger partial charge on any atom is -0.350 e. The van der Waals surface area contributed by atoms with Crippen LogP contribution in [0.1, 0.15) is 5.56 Å². The Morgan fingerprint density at radius 1 is 1.17 bits per heavy atom. The third kappa shape index (κ3) is 4.01. The summed E-state index contributed by atoms with van der Waals surface area (Å²) < 4.78 is 1.97. The monoisotopic (exact) mass is 437 g/mol. The van der Waals surface area contributed by atoms with Gasteiger partial charge in [-0.05, 0) is 48.4 Å². The summed E-state index contributed by atoms with van der Waals surface area (Å²) in [6.07, 6.45) is 5.58. The molecule has 3 amide bonds. The van der Waals surface area contributed by atoms with Gasteiger partial charge in [0.25, 0.3) is 11.1 Å². The molecule has 1 fully saturated rings. The topological polar surface area (TPSA) is 71.4 Å². The molecule has 0 aliphatic carbocycles. The summed E-state index contributed by atoms with van der Waals surface area (Å²) in [6.45, 7) is -0.318. The Morgan fingerprint density at radius 3 is 2.77 bits per heavy atom. The summed E-state index contributed by atoms with van der Waals surface area (Å²) in [5.74, 6) is -0.868. The lowest BCUT2D eigenvalue weighted by Gasteiger charge is -2.12. The SMILES string of the molecule is CSc1cccc(NC(=O)CN2C(=O)S/C(=C/c3cn(C)c4ccccc34)C2=O)c1. The molecule has 2 aromatic carbocycles. The smallest absolute Gasteiger partial charge is 0.294 e. The van der Waals surface area contributed by atoms with Crippen molar-refractivity contribution in [3.63, 3.8) is 0 Å². The molecule has 2 heterocycles. The fraction of sp³-hybridized carbons (Fsp3) is 0.136. The van der Waals surface area contributed by atoms with Crippen molar-refractivity contribution in [3.8, 4) is 0 Å². The van der Waals surface area contributed by atoms with E-state index in [-0.39, 0.29) is 6.54 Å². The number of carbonyl (C=O) groups excluding carboxylic acids is 3. The Balaban J connectivity index is 1.51. The second kappa shape index (κ2) is 8.41. The van der Waals surface area contributed by atoms with Gasteiger partial charge in [-0.25, -0.2) is 0 Å². The van der Waals surface area contributed by atoms with Gasteiger partial charge in [-0.1, -0.05) is 24.3 Å². The molecule has 0 bridgehead atoms. The molecule has 1 aliphatic rings. The van der Waals surface area contributed by atoms with Gasteiger partial charge in [0, 0.05) is 40.3 Å². The normalized spacial score (nSPS) is 15.4. The van der Waals surface area contributed by atoms with Crippen LogP contribution >= 0.6 is 23.5 Å². The number of hydrogen-bond acceptors (Lipinski definition) is 5. The van der Waals surface area contributed by atoms with Gasteiger partial charge in [-0.2, -0.15) is 0 Å². The van der Waals surface area contributed by atoms with Crippen LogP contribution in [-0.2, 0) is 16.6 Å².